The summed E-state index contributed by atoms with van der Waals surface area (Å²) in [5.41, 5.74) is 0. The second-order valence-electron chi connectivity index (χ2n) is 6.43. The van der Waals surface area contributed by atoms with Crippen LogP contribution in [0.25, 0.3) is 0 Å². The van der Waals surface area contributed by atoms with Gasteiger partial charge in [-0.1, -0.05) is 25.8 Å². The van der Waals surface area contributed by atoms with Crippen LogP contribution in [0.5, 0.6) is 0 Å². The number of nitrogens with one attached hydrogen (secondary N) is 2. The molecular weight excluding hydrogens is 431 g/mol. The van der Waals surface area contributed by atoms with Crippen molar-refractivity contribution in [3.8, 4) is 0 Å². The summed E-state index contributed by atoms with van der Waals surface area (Å²) in [6, 6.07) is 4.98. The van der Waals surface area contributed by atoms with Gasteiger partial charge in [0.1, 0.15) is 0 Å². The largest absolute Gasteiger partial charge is 0.356 e. The van der Waals surface area contributed by atoms with E-state index < -0.39 is 0 Å². The molecule has 2 atom stereocenters. The molecule has 1 aliphatic rings. The zero-order valence-electron chi connectivity index (χ0n) is 15.3. The van der Waals surface area contributed by atoms with Gasteiger partial charge < -0.3 is 10.6 Å². The van der Waals surface area contributed by atoms with Crippen molar-refractivity contribution in [2.24, 2.45) is 10.9 Å². The van der Waals surface area contributed by atoms with Crippen molar-refractivity contribution < 1.29 is 0 Å². The highest BCUT2D eigenvalue weighted by Gasteiger charge is 2.31. The van der Waals surface area contributed by atoms with Gasteiger partial charge in [0, 0.05) is 31.1 Å². The fraction of sp³-hybridized carbons (Fsp3) is 0.722. The molecule has 0 saturated carbocycles. The van der Waals surface area contributed by atoms with Crippen LogP contribution in [0.1, 0.15) is 49.9 Å². The summed E-state index contributed by atoms with van der Waals surface area (Å²) in [4.78, 5) is 8.36. The maximum Gasteiger partial charge on any atom is 0.190 e. The molecule has 24 heavy (non-hydrogen) atoms. The maximum absolute atomic E-state index is 4.36. The number of unbranched alkanes of at least 4 members (excludes halogenated alkanes) is 2. The molecule has 0 radical (unpaired) electrons. The lowest BCUT2D eigenvalue weighted by Crippen LogP contribution is -2.45. The van der Waals surface area contributed by atoms with Gasteiger partial charge in [0.25, 0.3) is 0 Å². The van der Waals surface area contributed by atoms with Gasteiger partial charge in [-0.25, -0.2) is 0 Å². The number of thiophene rings is 1. The molecule has 2 N–H and O–H groups in total. The number of hydrogen-bond acceptors (Lipinski definition) is 3. The first kappa shape index (κ1) is 21.7. The molecule has 0 bridgehead atoms. The van der Waals surface area contributed by atoms with Crippen LogP contribution in [0.3, 0.4) is 0 Å². The fourth-order valence-electron chi connectivity index (χ4n) is 3.41. The normalized spacial score (nSPS) is 22.0. The van der Waals surface area contributed by atoms with Crippen LogP contribution in [-0.2, 0) is 0 Å². The van der Waals surface area contributed by atoms with Gasteiger partial charge in [-0.3, -0.25) is 9.89 Å². The minimum Gasteiger partial charge on any atom is -0.356 e. The van der Waals surface area contributed by atoms with E-state index in [1.165, 1.54) is 43.5 Å². The third-order valence-electron chi connectivity index (χ3n) is 4.67. The van der Waals surface area contributed by atoms with E-state index in [0.29, 0.717) is 12.0 Å². The molecule has 2 rings (SSSR count). The van der Waals surface area contributed by atoms with Crippen LogP contribution in [0.15, 0.2) is 22.5 Å². The van der Waals surface area contributed by atoms with Crippen LogP contribution in [0.2, 0.25) is 0 Å². The minimum atomic E-state index is 0. The Labute approximate surface area is 168 Å². The second-order valence-corrected chi connectivity index (χ2v) is 7.41. The van der Waals surface area contributed by atoms with Crippen molar-refractivity contribution in [3.05, 3.63) is 22.4 Å². The van der Waals surface area contributed by atoms with Crippen molar-refractivity contribution in [2.45, 2.75) is 45.1 Å². The molecule has 0 amide bonds. The molecule has 2 unspecified atom stereocenters. The molecule has 2 heterocycles. The summed E-state index contributed by atoms with van der Waals surface area (Å²) in [5.74, 6) is 1.58. The zero-order valence-corrected chi connectivity index (χ0v) is 18.4. The molecule has 4 nitrogen and oxygen atoms in total. The molecule has 1 aliphatic heterocycles. The quantitative estimate of drug-likeness (QED) is 0.276. The van der Waals surface area contributed by atoms with Gasteiger partial charge >= 0.3 is 0 Å². The molecule has 6 heteroatoms. The van der Waals surface area contributed by atoms with E-state index in [1.807, 2.05) is 18.4 Å². The Balaban J connectivity index is 0.00000288. The van der Waals surface area contributed by atoms with E-state index in [4.69, 9.17) is 0 Å². The van der Waals surface area contributed by atoms with Gasteiger partial charge in [-0.2, -0.15) is 0 Å². The summed E-state index contributed by atoms with van der Waals surface area (Å²) in [5, 5.41) is 9.17. The highest BCUT2D eigenvalue weighted by Crippen LogP contribution is 2.36. The number of aliphatic imine (C=N–C) groups is 1. The zero-order chi connectivity index (χ0) is 16.5. The van der Waals surface area contributed by atoms with Crippen molar-refractivity contribution in [1.29, 1.82) is 0 Å². The predicted molar refractivity (Wildman–Crippen MR) is 117 cm³/mol. The molecule has 0 aromatic carbocycles. The Morgan fingerprint density at radius 3 is 2.88 bits per heavy atom. The Kier molecular flexibility index (Phi) is 10.9. The van der Waals surface area contributed by atoms with Gasteiger partial charge in [0.05, 0.1) is 0 Å². The predicted octanol–water partition coefficient (Wildman–Crippen LogP) is 4.10. The van der Waals surface area contributed by atoms with Crippen LogP contribution < -0.4 is 10.6 Å². The van der Waals surface area contributed by atoms with Gasteiger partial charge in [-0.15, -0.1) is 35.3 Å². The Morgan fingerprint density at radius 2 is 2.21 bits per heavy atom. The Morgan fingerprint density at radius 1 is 1.38 bits per heavy atom. The summed E-state index contributed by atoms with van der Waals surface area (Å²) in [7, 11) is 4.12. The first-order chi connectivity index (χ1) is 11.3. The molecule has 1 aromatic heterocycles. The average Bonchev–Trinajstić information content (AvgIpc) is 3.08. The van der Waals surface area contributed by atoms with E-state index in [2.05, 4.69) is 52.0 Å². The summed E-state index contributed by atoms with van der Waals surface area (Å²) < 4.78 is 0. The molecule has 1 aromatic rings. The van der Waals surface area contributed by atoms with Crippen molar-refractivity contribution in [1.82, 2.24) is 15.5 Å². The summed E-state index contributed by atoms with van der Waals surface area (Å²) in [6.45, 7) is 5.42. The Hall–Kier alpha value is -0.340. The van der Waals surface area contributed by atoms with E-state index in [9.17, 15) is 0 Å². The summed E-state index contributed by atoms with van der Waals surface area (Å²) >= 11 is 1.88. The molecule has 0 spiro atoms. The van der Waals surface area contributed by atoms with E-state index in [1.54, 1.807) is 0 Å². The first-order valence-corrected chi connectivity index (χ1v) is 9.82. The third kappa shape index (κ3) is 6.52. The molecular formula is C18H33IN4S. The van der Waals surface area contributed by atoms with Gasteiger partial charge in [-0.05, 0) is 50.2 Å². The number of likely N-dealkylation sites (tertiary alicyclic amines) is 1. The van der Waals surface area contributed by atoms with Crippen LogP contribution in [0.4, 0.5) is 0 Å². The number of hydrogen-bond donors (Lipinski definition) is 2. The minimum absolute atomic E-state index is 0. The van der Waals surface area contributed by atoms with Crippen molar-refractivity contribution in [3.63, 3.8) is 0 Å². The van der Waals surface area contributed by atoms with Crippen LogP contribution in [-0.4, -0.2) is 44.6 Å². The molecule has 0 aliphatic carbocycles. The lowest BCUT2D eigenvalue weighted by molar-refractivity contribution is 0.125. The fourth-order valence-corrected chi connectivity index (χ4v) is 4.40. The van der Waals surface area contributed by atoms with Crippen molar-refractivity contribution >= 4 is 41.3 Å². The number of piperidine rings is 1. The lowest BCUT2D eigenvalue weighted by atomic mass is 9.88. The highest BCUT2D eigenvalue weighted by molar-refractivity contribution is 14.0. The SMILES string of the molecule is CCCCCNC(=NC)NCC1CCCN(C)C1c1cccs1.I. The lowest BCUT2D eigenvalue weighted by Gasteiger charge is -2.39. The smallest absolute Gasteiger partial charge is 0.190 e. The number of halogens is 1. The highest BCUT2D eigenvalue weighted by atomic mass is 127. The standard InChI is InChI=1S/C18H32N4S.HI/c1-4-5-6-11-20-18(19-2)21-14-15-9-7-12-22(3)17(15)16-10-8-13-23-16;/h8,10,13,15,17H,4-7,9,11-12,14H2,1-3H3,(H2,19,20,21);1H. The summed E-state index contributed by atoms with van der Waals surface area (Å²) in [6.07, 6.45) is 6.31. The van der Waals surface area contributed by atoms with Gasteiger partial charge in [0.2, 0.25) is 0 Å². The van der Waals surface area contributed by atoms with Gasteiger partial charge in [0.15, 0.2) is 5.96 Å². The maximum atomic E-state index is 4.36. The number of guanidine groups is 1. The Bertz CT molecular complexity index is 464. The second kappa shape index (κ2) is 12.1. The van der Waals surface area contributed by atoms with E-state index in [-0.39, 0.29) is 24.0 Å². The average molecular weight is 464 g/mol. The molecule has 1 saturated heterocycles. The van der Waals surface area contributed by atoms with E-state index >= 15 is 0 Å². The molecule has 138 valence electrons. The number of nitrogens with zero attached hydrogens (tertiary/aromatic N) is 2. The monoisotopic (exact) mass is 464 g/mol. The third-order valence-corrected chi connectivity index (χ3v) is 5.61. The molecule has 1 fully saturated rings. The van der Waals surface area contributed by atoms with Crippen LogP contribution in [0, 0.1) is 5.92 Å². The van der Waals surface area contributed by atoms with Crippen LogP contribution >= 0.6 is 35.3 Å². The topological polar surface area (TPSA) is 39.7 Å². The van der Waals surface area contributed by atoms with E-state index in [0.717, 1.165) is 19.0 Å². The first-order valence-electron chi connectivity index (χ1n) is 8.94. The van der Waals surface area contributed by atoms with Crippen molar-refractivity contribution in [2.75, 3.05) is 33.7 Å². The number of rotatable bonds is 7.